The van der Waals surface area contributed by atoms with E-state index in [9.17, 15) is 4.79 Å². The number of thioether (sulfide) groups is 2. The highest BCUT2D eigenvalue weighted by atomic mass is 32.2. The Morgan fingerprint density at radius 2 is 1.86 bits per heavy atom. The molecule has 7 heteroatoms. The summed E-state index contributed by atoms with van der Waals surface area (Å²) >= 11 is 5.09. The Morgan fingerprint density at radius 3 is 2.52 bits per heavy atom. The van der Waals surface area contributed by atoms with Crippen molar-refractivity contribution in [2.45, 2.75) is 23.1 Å². The van der Waals surface area contributed by atoms with Crippen LogP contribution in [0.5, 0.6) is 0 Å². The van der Waals surface area contributed by atoms with Gasteiger partial charge in [-0.25, -0.2) is 4.98 Å². The summed E-state index contributed by atoms with van der Waals surface area (Å²) in [5.41, 5.74) is 2.03. The zero-order valence-electron chi connectivity index (χ0n) is 17.3. The summed E-state index contributed by atoms with van der Waals surface area (Å²) in [6, 6.07) is 14.5. The van der Waals surface area contributed by atoms with Crippen molar-refractivity contribution in [2.75, 3.05) is 44.1 Å². The normalized spacial score (nSPS) is 11.3. The van der Waals surface area contributed by atoms with Crippen molar-refractivity contribution in [2.24, 2.45) is 0 Å². The van der Waals surface area contributed by atoms with E-state index in [-0.39, 0.29) is 5.91 Å². The maximum absolute atomic E-state index is 13.2. The lowest BCUT2D eigenvalue weighted by atomic mass is 10.1. The number of fused-ring (bicyclic) bond motifs is 1. The summed E-state index contributed by atoms with van der Waals surface area (Å²) in [7, 11) is 4.05. The predicted molar refractivity (Wildman–Crippen MR) is 129 cm³/mol. The molecule has 154 valence electrons. The van der Waals surface area contributed by atoms with Crippen LogP contribution < -0.4 is 4.90 Å². The van der Waals surface area contributed by atoms with Crippen LogP contribution in [0.2, 0.25) is 0 Å². The third-order valence-electron chi connectivity index (χ3n) is 4.48. The Hall–Kier alpha value is -1.54. The number of para-hydroxylation sites is 1. The van der Waals surface area contributed by atoms with Gasteiger partial charge in [-0.15, -0.1) is 23.5 Å². The van der Waals surface area contributed by atoms with Crippen LogP contribution in [-0.2, 0) is 11.2 Å². The van der Waals surface area contributed by atoms with E-state index in [0.29, 0.717) is 13.0 Å². The van der Waals surface area contributed by atoms with E-state index in [1.807, 2.05) is 30.8 Å². The molecule has 0 unspecified atom stereocenters. The van der Waals surface area contributed by atoms with Crippen LogP contribution in [0.1, 0.15) is 12.5 Å². The molecule has 0 atom stereocenters. The second-order valence-electron chi connectivity index (χ2n) is 6.91. The molecule has 0 aliphatic carbocycles. The Bertz CT molecular complexity index is 954. The first kappa shape index (κ1) is 22.2. The van der Waals surface area contributed by atoms with E-state index >= 15 is 0 Å². The lowest BCUT2D eigenvalue weighted by Gasteiger charge is -2.22. The zero-order valence-corrected chi connectivity index (χ0v) is 19.8. The standard InChI is InChI=1S/C22H27N3OS3/c1-5-28-17-11-9-16(10-12-17)15-20(26)25(14-13-24(2)3)22-23-21-18(27-4)7-6-8-19(21)29-22/h6-12H,5,13-15H2,1-4H3. The van der Waals surface area contributed by atoms with E-state index in [2.05, 4.69) is 60.5 Å². The van der Waals surface area contributed by atoms with Gasteiger partial charge in [-0.3, -0.25) is 9.69 Å². The molecular weight excluding hydrogens is 418 g/mol. The number of hydrogen-bond donors (Lipinski definition) is 0. The molecule has 0 saturated heterocycles. The molecule has 0 radical (unpaired) electrons. The van der Waals surface area contributed by atoms with Crippen molar-refractivity contribution in [3.63, 3.8) is 0 Å². The van der Waals surface area contributed by atoms with Gasteiger partial charge in [0.2, 0.25) is 5.91 Å². The van der Waals surface area contributed by atoms with Crippen LogP contribution in [0.4, 0.5) is 5.13 Å². The maximum Gasteiger partial charge on any atom is 0.233 e. The number of aromatic nitrogens is 1. The number of anilines is 1. The lowest BCUT2D eigenvalue weighted by Crippen LogP contribution is -2.37. The van der Waals surface area contributed by atoms with E-state index in [1.54, 1.807) is 23.1 Å². The number of rotatable bonds is 9. The fourth-order valence-electron chi connectivity index (χ4n) is 2.96. The number of thiazole rings is 1. The van der Waals surface area contributed by atoms with E-state index in [1.165, 1.54) is 4.90 Å². The minimum atomic E-state index is 0.0903. The Balaban J connectivity index is 1.85. The largest absolute Gasteiger partial charge is 0.308 e. The first-order valence-electron chi connectivity index (χ1n) is 9.62. The molecule has 2 aromatic carbocycles. The minimum Gasteiger partial charge on any atom is -0.308 e. The molecule has 1 heterocycles. The average Bonchev–Trinajstić information content (AvgIpc) is 3.13. The highest BCUT2D eigenvalue weighted by molar-refractivity contribution is 7.99. The molecule has 29 heavy (non-hydrogen) atoms. The molecular formula is C22H27N3OS3. The molecule has 0 aliphatic rings. The Kier molecular flexibility index (Phi) is 8.00. The fourth-order valence-corrected chi connectivity index (χ4v) is 5.28. The van der Waals surface area contributed by atoms with Gasteiger partial charge in [0, 0.05) is 22.9 Å². The quantitative estimate of drug-likeness (QED) is 0.420. The van der Waals surface area contributed by atoms with Gasteiger partial charge < -0.3 is 4.90 Å². The van der Waals surface area contributed by atoms with Crippen molar-refractivity contribution in [1.29, 1.82) is 0 Å². The average molecular weight is 446 g/mol. The topological polar surface area (TPSA) is 36.4 Å². The Labute approximate surface area is 185 Å². The van der Waals surface area contributed by atoms with Gasteiger partial charge in [-0.1, -0.05) is 36.5 Å². The van der Waals surface area contributed by atoms with Crippen molar-refractivity contribution in [3.05, 3.63) is 48.0 Å². The van der Waals surface area contributed by atoms with Crippen LogP contribution >= 0.6 is 34.9 Å². The van der Waals surface area contributed by atoms with Gasteiger partial charge in [0.05, 0.1) is 16.6 Å². The predicted octanol–water partition coefficient (Wildman–Crippen LogP) is 5.27. The van der Waals surface area contributed by atoms with Gasteiger partial charge in [0.1, 0.15) is 0 Å². The highest BCUT2D eigenvalue weighted by Gasteiger charge is 2.21. The summed E-state index contributed by atoms with van der Waals surface area (Å²) in [4.78, 5) is 24.4. The molecule has 1 amide bonds. The number of likely N-dealkylation sites (N-methyl/N-ethyl adjacent to an activating group) is 1. The summed E-state index contributed by atoms with van der Waals surface area (Å²) in [5.74, 6) is 1.14. The second kappa shape index (κ2) is 10.5. The fraction of sp³-hybridized carbons (Fsp3) is 0.364. The molecule has 1 aromatic heterocycles. The summed E-state index contributed by atoms with van der Waals surface area (Å²) < 4.78 is 1.12. The molecule has 0 saturated carbocycles. The molecule has 0 bridgehead atoms. The van der Waals surface area contributed by atoms with Crippen molar-refractivity contribution < 1.29 is 4.79 Å². The first-order chi connectivity index (χ1) is 14.0. The maximum atomic E-state index is 13.2. The molecule has 3 aromatic rings. The van der Waals surface area contributed by atoms with Crippen LogP contribution in [0.3, 0.4) is 0 Å². The number of nitrogens with zero attached hydrogens (tertiary/aromatic N) is 3. The first-order valence-corrected chi connectivity index (χ1v) is 12.6. The van der Waals surface area contributed by atoms with Crippen LogP contribution in [0, 0.1) is 0 Å². The van der Waals surface area contributed by atoms with Gasteiger partial charge >= 0.3 is 0 Å². The molecule has 3 rings (SSSR count). The number of carbonyl (C=O) groups excluding carboxylic acids is 1. The van der Waals surface area contributed by atoms with Gasteiger partial charge in [0.15, 0.2) is 5.13 Å². The lowest BCUT2D eigenvalue weighted by molar-refractivity contribution is -0.118. The molecule has 0 N–H and O–H groups in total. The van der Waals surface area contributed by atoms with Crippen LogP contribution in [0.15, 0.2) is 52.3 Å². The SMILES string of the molecule is CCSc1ccc(CC(=O)N(CCN(C)C)c2nc3c(SC)cccc3s2)cc1. The number of benzene rings is 2. The minimum absolute atomic E-state index is 0.0903. The molecule has 0 fully saturated rings. The summed E-state index contributed by atoms with van der Waals surface area (Å²) in [5, 5.41) is 0.784. The monoisotopic (exact) mass is 445 g/mol. The second-order valence-corrected chi connectivity index (χ2v) is 10.1. The summed E-state index contributed by atoms with van der Waals surface area (Å²) in [6.45, 7) is 3.57. The van der Waals surface area contributed by atoms with Crippen LogP contribution in [0.25, 0.3) is 10.2 Å². The number of carbonyl (C=O) groups is 1. The van der Waals surface area contributed by atoms with Crippen molar-refractivity contribution in [3.8, 4) is 0 Å². The van der Waals surface area contributed by atoms with Gasteiger partial charge in [-0.05, 0) is 55.9 Å². The van der Waals surface area contributed by atoms with E-state index in [0.717, 1.165) is 38.1 Å². The smallest absolute Gasteiger partial charge is 0.233 e. The Morgan fingerprint density at radius 1 is 1.10 bits per heavy atom. The third-order valence-corrected chi connectivity index (χ3v) is 7.19. The molecule has 0 aliphatic heterocycles. The van der Waals surface area contributed by atoms with E-state index in [4.69, 9.17) is 4.98 Å². The van der Waals surface area contributed by atoms with Gasteiger partial charge in [-0.2, -0.15) is 0 Å². The third kappa shape index (κ3) is 5.75. The number of amides is 1. The van der Waals surface area contributed by atoms with Crippen LogP contribution in [-0.4, -0.2) is 55.0 Å². The van der Waals surface area contributed by atoms with Crippen molar-refractivity contribution in [1.82, 2.24) is 9.88 Å². The summed E-state index contributed by atoms with van der Waals surface area (Å²) in [6.07, 6.45) is 2.44. The molecule has 4 nitrogen and oxygen atoms in total. The zero-order chi connectivity index (χ0) is 20.8. The van der Waals surface area contributed by atoms with Crippen molar-refractivity contribution >= 4 is 56.1 Å². The number of hydrogen-bond acceptors (Lipinski definition) is 6. The highest BCUT2D eigenvalue weighted by Crippen LogP contribution is 2.34. The molecule has 0 spiro atoms. The van der Waals surface area contributed by atoms with E-state index < -0.39 is 0 Å². The van der Waals surface area contributed by atoms with Gasteiger partial charge in [0.25, 0.3) is 0 Å².